The van der Waals surface area contributed by atoms with Crippen molar-refractivity contribution < 1.29 is 14.7 Å². The lowest BCUT2D eigenvalue weighted by Crippen LogP contribution is -2.44. The average Bonchev–Trinajstić information content (AvgIpc) is 2.83. The van der Waals surface area contributed by atoms with Gasteiger partial charge in [0.15, 0.2) is 0 Å². The zero-order chi connectivity index (χ0) is 17.7. The van der Waals surface area contributed by atoms with Crippen molar-refractivity contribution in [2.45, 2.75) is 25.8 Å². The number of aliphatic carboxylic acids is 1. The predicted octanol–water partition coefficient (Wildman–Crippen LogP) is 3.66. The molecule has 1 aromatic carbocycles. The van der Waals surface area contributed by atoms with Gasteiger partial charge in [-0.1, -0.05) is 55.2 Å². The molecule has 1 aromatic rings. The van der Waals surface area contributed by atoms with Crippen molar-refractivity contribution in [2.24, 2.45) is 0 Å². The maximum absolute atomic E-state index is 12.6. The molecule has 1 aliphatic rings. The number of nitrogens with zero attached hydrogens (tertiary/aromatic N) is 1. The number of carboxylic acid groups (broad SMARTS) is 1. The molecule has 24 heavy (non-hydrogen) atoms. The number of carboxylic acids is 1. The summed E-state index contributed by atoms with van der Waals surface area (Å²) in [5.74, 6) is -0.682. The van der Waals surface area contributed by atoms with Crippen LogP contribution in [0.4, 0.5) is 0 Å². The first kappa shape index (κ1) is 19.0. The van der Waals surface area contributed by atoms with Crippen molar-refractivity contribution in [3.8, 4) is 0 Å². The number of carbonyl (C=O) groups is 2. The van der Waals surface area contributed by atoms with Crippen molar-refractivity contribution in [1.82, 2.24) is 4.90 Å². The molecular formula is C17H19NO3S3. The zero-order valence-electron chi connectivity index (χ0n) is 13.5. The fourth-order valence-corrected chi connectivity index (χ4v) is 4.16. The lowest BCUT2D eigenvalue weighted by molar-refractivity contribution is -0.145. The largest absolute Gasteiger partial charge is 0.480 e. The smallest absolute Gasteiger partial charge is 0.326 e. The van der Waals surface area contributed by atoms with Crippen LogP contribution in [0.3, 0.4) is 0 Å². The number of hydrogen-bond donors (Lipinski definition) is 1. The van der Waals surface area contributed by atoms with E-state index in [9.17, 15) is 14.7 Å². The van der Waals surface area contributed by atoms with Gasteiger partial charge in [0.25, 0.3) is 5.91 Å². The molecule has 0 aliphatic carbocycles. The molecule has 2 rings (SSSR count). The van der Waals surface area contributed by atoms with Crippen LogP contribution in [0.25, 0.3) is 6.08 Å². The van der Waals surface area contributed by atoms with E-state index in [1.54, 1.807) is 17.8 Å². The molecule has 1 heterocycles. The van der Waals surface area contributed by atoms with E-state index in [0.29, 0.717) is 21.4 Å². The van der Waals surface area contributed by atoms with Crippen LogP contribution < -0.4 is 0 Å². The Hall–Kier alpha value is -1.31. The quantitative estimate of drug-likeness (QED) is 0.575. The van der Waals surface area contributed by atoms with Crippen molar-refractivity contribution >= 4 is 58.0 Å². The van der Waals surface area contributed by atoms with Gasteiger partial charge in [-0.2, -0.15) is 11.8 Å². The summed E-state index contributed by atoms with van der Waals surface area (Å²) in [7, 11) is 0. The Labute approximate surface area is 155 Å². The summed E-state index contributed by atoms with van der Waals surface area (Å²) in [6.07, 6.45) is 5.01. The third-order valence-electron chi connectivity index (χ3n) is 3.70. The molecule has 0 radical (unpaired) electrons. The van der Waals surface area contributed by atoms with Crippen molar-refractivity contribution in [3.63, 3.8) is 0 Å². The first-order valence-electron chi connectivity index (χ1n) is 7.55. The Balaban J connectivity index is 2.23. The lowest BCUT2D eigenvalue weighted by atomic mass is 10.1. The monoisotopic (exact) mass is 381 g/mol. The van der Waals surface area contributed by atoms with Gasteiger partial charge in [0.05, 0.1) is 4.91 Å². The van der Waals surface area contributed by atoms with Crippen LogP contribution in [0, 0.1) is 0 Å². The van der Waals surface area contributed by atoms with Gasteiger partial charge in [-0.15, -0.1) is 0 Å². The molecule has 4 nitrogen and oxygen atoms in total. The highest BCUT2D eigenvalue weighted by Crippen LogP contribution is 2.34. The van der Waals surface area contributed by atoms with Gasteiger partial charge in [-0.25, -0.2) is 4.79 Å². The fourth-order valence-electron chi connectivity index (χ4n) is 2.34. The first-order valence-corrected chi connectivity index (χ1v) is 10.2. The van der Waals surface area contributed by atoms with Gasteiger partial charge >= 0.3 is 5.97 Å². The number of thiocarbonyl (C=S) groups is 1. The number of aryl methyl sites for hydroxylation is 1. The third kappa shape index (κ3) is 4.40. The van der Waals surface area contributed by atoms with Crippen molar-refractivity contribution in [3.05, 3.63) is 40.3 Å². The van der Waals surface area contributed by atoms with E-state index >= 15 is 0 Å². The van der Waals surface area contributed by atoms with E-state index < -0.39 is 12.0 Å². The molecule has 0 aromatic heterocycles. The van der Waals surface area contributed by atoms with Gasteiger partial charge in [0, 0.05) is 0 Å². The number of rotatable bonds is 7. The summed E-state index contributed by atoms with van der Waals surface area (Å²) in [5, 5.41) is 9.44. The minimum Gasteiger partial charge on any atom is -0.480 e. The van der Waals surface area contributed by atoms with Crippen molar-refractivity contribution in [2.75, 3.05) is 12.0 Å². The molecule has 0 unspecified atom stereocenters. The number of amides is 1. The Morgan fingerprint density at radius 2 is 2.08 bits per heavy atom. The fraction of sp³-hybridized carbons (Fsp3) is 0.353. The minimum absolute atomic E-state index is 0.310. The summed E-state index contributed by atoms with van der Waals surface area (Å²) in [6, 6.07) is 7.04. The maximum Gasteiger partial charge on any atom is 0.326 e. The normalized spacial score (nSPS) is 17.6. The third-order valence-corrected chi connectivity index (χ3v) is 5.68. The van der Waals surface area contributed by atoms with Gasteiger partial charge in [0.1, 0.15) is 10.4 Å². The van der Waals surface area contributed by atoms with Gasteiger partial charge in [-0.3, -0.25) is 9.69 Å². The number of carbonyl (C=O) groups excluding carboxylic acids is 1. The van der Waals surface area contributed by atoms with Crippen LogP contribution in [-0.4, -0.2) is 44.3 Å². The van der Waals surface area contributed by atoms with Gasteiger partial charge < -0.3 is 5.11 Å². The van der Waals surface area contributed by atoms with Crippen LogP contribution in [0.5, 0.6) is 0 Å². The number of hydrogen-bond acceptors (Lipinski definition) is 5. The Morgan fingerprint density at radius 1 is 1.42 bits per heavy atom. The second-order valence-corrected chi connectivity index (χ2v) is 7.94. The maximum atomic E-state index is 12.6. The van der Waals surface area contributed by atoms with Gasteiger partial charge in [0.2, 0.25) is 0 Å². The van der Waals surface area contributed by atoms with Crippen LogP contribution in [-0.2, 0) is 16.0 Å². The Kier molecular flexibility index (Phi) is 6.89. The highest BCUT2D eigenvalue weighted by molar-refractivity contribution is 8.26. The summed E-state index contributed by atoms with van der Waals surface area (Å²) in [5.41, 5.74) is 2.13. The van der Waals surface area contributed by atoms with E-state index in [2.05, 4.69) is 6.92 Å². The molecule has 7 heteroatoms. The number of benzene rings is 1. The highest BCUT2D eigenvalue weighted by Gasteiger charge is 2.40. The molecule has 1 saturated heterocycles. The molecule has 1 atom stereocenters. The second kappa shape index (κ2) is 8.69. The molecular weight excluding hydrogens is 362 g/mol. The van der Waals surface area contributed by atoms with Crippen LogP contribution in [0.1, 0.15) is 24.5 Å². The molecule has 1 N–H and O–H groups in total. The second-order valence-electron chi connectivity index (χ2n) is 5.28. The zero-order valence-corrected chi connectivity index (χ0v) is 16.0. The van der Waals surface area contributed by atoms with E-state index in [4.69, 9.17) is 12.2 Å². The van der Waals surface area contributed by atoms with E-state index in [0.717, 1.165) is 23.7 Å². The summed E-state index contributed by atoms with van der Waals surface area (Å²) >= 11 is 7.97. The van der Waals surface area contributed by atoms with E-state index in [-0.39, 0.29) is 5.91 Å². The standard InChI is InChI=1S/C17H19NO3S3/c1-3-11-4-6-12(7-5-11)10-14-15(19)18(17(22)24-14)13(16(20)21)8-9-23-2/h4-7,10,13H,3,8-9H2,1-2H3,(H,20,21)/b14-10+/t13-/m0/s1. The van der Waals surface area contributed by atoms with E-state index in [1.165, 1.54) is 10.5 Å². The molecule has 0 spiro atoms. The average molecular weight is 382 g/mol. The molecule has 1 aliphatic heterocycles. The molecule has 0 bridgehead atoms. The first-order chi connectivity index (χ1) is 11.5. The molecule has 1 fully saturated rings. The minimum atomic E-state index is -1.02. The topological polar surface area (TPSA) is 57.6 Å². The summed E-state index contributed by atoms with van der Waals surface area (Å²) in [6.45, 7) is 2.08. The molecule has 1 amide bonds. The highest BCUT2D eigenvalue weighted by atomic mass is 32.2. The Morgan fingerprint density at radius 3 is 2.62 bits per heavy atom. The SMILES string of the molecule is CCc1ccc(/C=C2/SC(=S)N([C@@H](CCSC)C(=O)O)C2=O)cc1. The van der Waals surface area contributed by atoms with Crippen LogP contribution >= 0.6 is 35.7 Å². The summed E-state index contributed by atoms with van der Waals surface area (Å²) in [4.78, 5) is 25.9. The predicted molar refractivity (Wildman–Crippen MR) is 105 cm³/mol. The Bertz CT molecular complexity index is 670. The lowest BCUT2D eigenvalue weighted by Gasteiger charge is -2.22. The van der Waals surface area contributed by atoms with Gasteiger partial charge in [-0.05, 0) is 42.1 Å². The van der Waals surface area contributed by atoms with E-state index in [1.807, 2.05) is 30.5 Å². The van der Waals surface area contributed by atoms with Crippen molar-refractivity contribution in [1.29, 1.82) is 0 Å². The molecule has 0 saturated carbocycles. The molecule has 128 valence electrons. The summed E-state index contributed by atoms with van der Waals surface area (Å²) < 4.78 is 0.310. The van der Waals surface area contributed by atoms with Crippen LogP contribution in [0.15, 0.2) is 29.2 Å². The number of thioether (sulfide) groups is 2. The van der Waals surface area contributed by atoms with Crippen LogP contribution in [0.2, 0.25) is 0 Å².